The number of carbonyl (C=O) groups is 1. The number of hydrogen-bond donors (Lipinski definition) is 0. The first-order valence-electron chi connectivity index (χ1n) is 5.79. The van der Waals surface area contributed by atoms with Gasteiger partial charge in [-0.2, -0.15) is 0 Å². The van der Waals surface area contributed by atoms with Crippen molar-refractivity contribution in [1.29, 1.82) is 0 Å². The van der Waals surface area contributed by atoms with Gasteiger partial charge in [0.05, 0.1) is 12.8 Å². The second-order valence-electron chi connectivity index (χ2n) is 3.96. The first-order valence-corrected chi connectivity index (χ1v) is 6.61. The quantitative estimate of drug-likeness (QED) is 0.791. The van der Waals surface area contributed by atoms with Crippen molar-refractivity contribution in [2.75, 3.05) is 7.11 Å². The van der Waals surface area contributed by atoms with Crippen molar-refractivity contribution in [2.24, 2.45) is 0 Å². The van der Waals surface area contributed by atoms with Gasteiger partial charge in [-0.25, -0.2) is 4.98 Å². The molecule has 0 radical (unpaired) electrons. The first-order chi connectivity index (χ1) is 8.69. The van der Waals surface area contributed by atoms with Gasteiger partial charge in [0.15, 0.2) is 11.3 Å². The van der Waals surface area contributed by atoms with Crippen LogP contribution in [0.25, 0.3) is 11.3 Å². The zero-order valence-electron chi connectivity index (χ0n) is 10.7. The van der Waals surface area contributed by atoms with E-state index in [0.717, 1.165) is 34.6 Å². The summed E-state index contributed by atoms with van der Waals surface area (Å²) in [6, 6.07) is 6.08. The van der Waals surface area contributed by atoms with E-state index in [-0.39, 0.29) is 0 Å². The minimum Gasteiger partial charge on any atom is -0.496 e. The molecule has 3 nitrogen and oxygen atoms in total. The van der Waals surface area contributed by atoms with Gasteiger partial charge >= 0.3 is 0 Å². The number of thiazole rings is 1. The van der Waals surface area contributed by atoms with Crippen LogP contribution in [0, 0.1) is 6.92 Å². The van der Waals surface area contributed by atoms with E-state index in [9.17, 15) is 4.79 Å². The number of benzene rings is 1. The molecule has 18 heavy (non-hydrogen) atoms. The lowest BCUT2D eigenvalue weighted by molar-refractivity contribution is 0.112. The van der Waals surface area contributed by atoms with Crippen LogP contribution in [0.15, 0.2) is 18.2 Å². The molecule has 0 N–H and O–H groups in total. The van der Waals surface area contributed by atoms with Gasteiger partial charge in [-0.05, 0) is 31.0 Å². The number of nitrogens with zero attached hydrogens (tertiary/aromatic N) is 1. The minimum absolute atomic E-state index is 0.506. The molecule has 0 aliphatic carbocycles. The highest BCUT2D eigenvalue weighted by molar-refractivity contribution is 7.13. The Morgan fingerprint density at radius 2 is 2.22 bits per heavy atom. The Morgan fingerprint density at radius 3 is 2.78 bits per heavy atom. The molecule has 1 aromatic heterocycles. The van der Waals surface area contributed by atoms with Crippen LogP contribution >= 0.6 is 11.3 Å². The first kappa shape index (κ1) is 12.8. The largest absolute Gasteiger partial charge is 0.496 e. The molecule has 0 aliphatic rings. The number of methoxy groups -OCH3 is 1. The zero-order chi connectivity index (χ0) is 13.1. The molecule has 2 rings (SSSR count). The fourth-order valence-corrected chi connectivity index (χ4v) is 2.63. The molecule has 0 spiro atoms. The van der Waals surface area contributed by atoms with Gasteiger partial charge in [-0.1, -0.05) is 13.0 Å². The van der Waals surface area contributed by atoms with E-state index in [1.165, 1.54) is 16.9 Å². The third-order valence-corrected chi connectivity index (χ3v) is 3.74. The lowest BCUT2D eigenvalue weighted by Crippen LogP contribution is -1.92. The third-order valence-electron chi connectivity index (χ3n) is 2.84. The fraction of sp³-hybridized carbons (Fsp3) is 0.286. The molecular formula is C14H15NO2S. The fourth-order valence-electron chi connectivity index (χ4n) is 1.88. The summed E-state index contributed by atoms with van der Waals surface area (Å²) in [5.41, 5.74) is 3.03. The van der Waals surface area contributed by atoms with Gasteiger partial charge in [0.2, 0.25) is 0 Å². The van der Waals surface area contributed by atoms with E-state index in [4.69, 9.17) is 4.74 Å². The maximum absolute atomic E-state index is 10.8. The molecule has 0 atom stereocenters. The Kier molecular flexibility index (Phi) is 3.77. The summed E-state index contributed by atoms with van der Waals surface area (Å²) in [6.45, 7) is 4.08. The number of carbonyl (C=O) groups excluding carboxylic acids is 1. The van der Waals surface area contributed by atoms with Crippen LogP contribution in [0.1, 0.15) is 27.2 Å². The summed E-state index contributed by atoms with van der Waals surface area (Å²) in [6.07, 6.45) is 1.75. The normalized spacial score (nSPS) is 10.4. The molecule has 94 valence electrons. The van der Waals surface area contributed by atoms with Gasteiger partial charge in [0.1, 0.15) is 5.75 Å². The summed E-state index contributed by atoms with van der Waals surface area (Å²) >= 11 is 1.41. The highest BCUT2D eigenvalue weighted by Crippen LogP contribution is 2.34. The monoisotopic (exact) mass is 261 g/mol. The van der Waals surface area contributed by atoms with E-state index < -0.39 is 0 Å². The molecule has 0 amide bonds. The molecule has 2 aromatic rings. The topological polar surface area (TPSA) is 39.2 Å². The molecule has 0 saturated heterocycles. The van der Waals surface area contributed by atoms with Crippen LogP contribution in [-0.4, -0.2) is 18.4 Å². The van der Waals surface area contributed by atoms with E-state index in [0.29, 0.717) is 5.01 Å². The van der Waals surface area contributed by atoms with Gasteiger partial charge in [0, 0.05) is 10.4 Å². The standard InChI is InChI=1S/C14H15NO2S/c1-4-10-5-6-12(17-3)11(7-10)14-9(2)18-13(8-16)15-14/h5-8H,4H2,1-3H3. The van der Waals surface area contributed by atoms with Gasteiger partial charge < -0.3 is 4.74 Å². The maximum atomic E-state index is 10.8. The lowest BCUT2D eigenvalue weighted by atomic mass is 10.0. The Labute approximate surface area is 110 Å². The highest BCUT2D eigenvalue weighted by atomic mass is 32.1. The van der Waals surface area contributed by atoms with Crippen LogP contribution < -0.4 is 4.74 Å². The molecule has 1 aromatic carbocycles. The molecule has 0 fully saturated rings. The van der Waals surface area contributed by atoms with Crippen molar-refractivity contribution in [3.63, 3.8) is 0 Å². The molecule has 4 heteroatoms. The summed E-state index contributed by atoms with van der Waals surface area (Å²) in [5, 5.41) is 0.506. The van der Waals surface area contributed by atoms with Gasteiger partial charge in [0.25, 0.3) is 0 Å². The van der Waals surface area contributed by atoms with Gasteiger partial charge in [-0.15, -0.1) is 11.3 Å². The summed E-state index contributed by atoms with van der Waals surface area (Å²) in [5.74, 6) is 0.790. The zero-order valence-corrected chi connectivity index (χ0v) is 11.5. The van der Waals surface area contributed by atoms with E-state index in [1.807, 2.05) is 19.1 Å². The minimum atomic E-state index is 0.506. The van der Waals surface area contributed by atoms with Crippen molar-refractivity contribution in [2.45, 2.75) is 20.3 Å². The maximum Gasteiger partial charge on any atom is 0.178 e. The van der Waals surface area contributed by atoms with Gasteiger partial charge in [-0.3, -0.25) is 4.79 Å². The average molecular weight is 261 g/mol. The summed E-state index contributed by atoms with van der Waals surface area (Å²) in [7, 11) is 1.65. The van der Waals surface area contributed by atoms with E-state index >= 15 is 0 Å². The number of aryl methyl sites for hydroxylation is 2. The third kappa shape index (κ3) is 2.29. The predicted molar refractivity (Wildman–Crippen MR) is 73.6 cm³/mol. The Bertz CT molecular complexity index is 575. The van der Waals surface area contributed by atoms with E-state index in [1.54, 1.807) is 7.11 Å². The number of hydrogen-bond acceptors (Lipinski definition) is 4. The number of aldehydes is 1. The second kappa shape index (κ2) is 5.31. The van der Waals surface area contributed by atoms with Crippen LogP contribution in [0.2, 0.25) is 0 Å². The molecule has 1 heterocycles. The number of rotatable bonds is 4. The second-order valence-corrected chi connectivity index (χ2v) is 5.20. The Morgan fingerprint density at radius 1 is 1.44 bits per heavy atom. The Hall–Kier alpha value is -1.68. The van der Waals surface area contributed by atoms with Crippen LogP contribution in [-0.2, 0) is 6.42 Å². The lowest BCUT2D eigenvalue weighted by Gasteiger charge is -2.09. The molecule has 0 aliphatic heterocycles. The van der Waals surface area contributed by atoms with Crippen LogP contribution in [0.5, 0.6) is 5.75 Å². The van der Waals surface area contributed by atoms with E-state index in [2.05, 4.69) is 18.0 Å². The molecular weight excluding hydrogens is 246 g/mol. The van der Waals surface area contributed by atoms with Crippen molar-refractivity contribution in [1.82, 2.24) is 4.98 Å². The Balaban J connectivity index is 2.60. The van der Waals surface area contributed by atoms with Crippen molar-refractivity contribution in [3.05, 3.63) is 33.6 Å². The van der Waals surface area contributed by atoms with Crippen LogP contribution in [0.4, 0.5) is 0 Å². The molecule has 0 unspecified atom stereocenters. The number of aromatic nitrogens is 1. The predicted octanol–water partition coefficient (Wildman–Crippen LogP) is 3.50. The SMILES string of the molecule is CCc1ccc(OC)c(-c2nc(C=O)sc2C)c1. The van der Waals surface area contributed by atoms with Crippen molar-refractivity contribution < 1.29 is 9.53 Å². The summed E-state index contributed by atoms with van der Waals surface area (Å²) in [4.78, 5) is 16.2. The summed E-state index contributed by atoms with van der Waals surface area (Å²) < 4.78 is 5.37. The number of ether oxygens (including phenoxy) is 1. The van der Waals surface area contributed by atoms with Crippen molar-refractivity contribution in [3.8, 4) is 17.0 Å². The highest BCUT2D eigenvalue weighted by Gasteiger charge is 2.14. The molecule has 0 bridgehead atoms. The molecule has 0 saturated carbocycles. The van der Waals surface area contributed by atoms with Crippen LogP contribution in [0.3, 0.4) is 0 Å². The smallest absolute Gasteiger partial charge is 0.178 e. The average Bonchev–Trinajstić information content (AvgIpc) is 2.79. The van der Waals surface area contributed by atoms with Crippen molar-refractivity contribution >= 4 is 17.6 Å².